The average molecular weight is 397 g/mol. The Hall–Kier alpha value is -2.29. The third-order valence-corrected chi connectivity index (χ3v) is 4.95. The van der Waals surface area contributed by atoms with E-state index >= 15 is 0 Å². The number of fused-ring (bicyclic) bond motifs is 1. The molecule has 0 bridgehead atoms. The maximum absolute atomic E-state index is 11.7. The molecule has 1 aliphatic rings. The number of amidine groups is 1. The van der Waals surface area contributed by atoms with Crippen LogP contribution >= 0.6 is 0 Å². The Morgan fingerprint density at radius 2 is 1.93 bits per heavy atom. The number of ether oxygens (including phenoxy) is 1. The first-order valence-corrected chi connectivity index (χ1v) is 10.5. The number of nitrogens with zero attached hydrogens (tertiary/aromatic N) is 1. The zero-order valence-corrected chi connectivity index (χ0v) is 16.9. The smallest absolute Gasteiger partial charge is 0.344 e. The summed E-state index contributed by atoms with van der Waals surface area (Å²) in [5.41, 5.74) is 6.26. The second-order valence-corrected chi connectivity index (χ2v) is 8.84. The van der Waals surface area contributed by atoms with Gasteiger partial charge >= 0.3 is 10.2 Å². The highest BCUT2D eigenvalue weighted by Gasteiger charge is 2.24. The van der Waals surface area contributed by atoms with Crippen LogP contribution in [0.3, 0.4) is 0 Å². The van der Waals surface area contributed by atoms with Crippen LogP contribution in [0.2, 0.25) is 0 Å². The van der Waals surface area contributed by atoms with Crippen molar-refractivity contribution in [1.29, 1.82) is 0 Å². The van der Waals surface area contributed by atoms with Crippen LogP contribution in [0.1, 0.15) is 52.0 Å². The Morgan fingerprint density at radius 1 is 1.22 bits per heavy atom. The first kappa shape index (κ1) is 21.0. The number of hydrogen-bond acceptors (Lipinski definition) is 5. The largest absolute Gasteiger partial charge is 0.493 e. The molecule has 0 atom stereocenters. The summed E-state index contributed by atoms with van der Waals surface area (Å²) in [6, 6.07) is 5.06. The molecule has 4 N–H and O–H groups in total. The van der Waals surface area contributed by atoms with Crippen LogP contribution in [0.25, 0.3) is 0 Å². The zero-order valence-electron chi connectivity index (χ0n) is 16.0. The summed E-state index contributed by atoms with van der Waals surface area (Å²) in [4.78, 5) is 11.7. The van der Waals surface area contributed by atoms with Crippen molar-refractivity contribution in [2.75, 3.05) is 17.9 Å². The van der Waals surface area contributed by atoms with E-state index in [2.05, 4.69) is 14.4 Å². The maximum Gasteiger partial charge on any atom is 0.344 e. The van der Waals surface area contributed by atoms with Crippen molar-refractivity contribution < 1.29 is 17.9 Å². The van der Waals surface area contributed by atoms with E-state index in [0.29, 0.717) is 30.2 Å². The summed E-state index contributed by atoms with van der Waals surface area (Å²) in [6.45, 7) is 6.85. The van der Waals surface area contributed by atoms with Gasteiger partial charge in [0, 0.05) is 12.0 Å². The topological polar surface area (TPSA) is 123 Å². The van der Waals surface area contributed by atoms with Gasteiger partial charge in [-0.1, -0.05) is 39.7 Å². The highest BCUT2D eigenvalue weighted by Crippen LogP contribution is 2.30. The molecule has 8 nitrogen and oxygen atoms in total. The molecule has 1 aliphatic heterocycles. The van der Waals surface area contributed by atoms with E-state index < -0.39 is 10.2 Å². The fourth-order valence-corrected chi connectivity index (χ4v) is 3.41. The van der Waals surface area contributed by atoms with Gasteiger partial charge in [0.2, 0.25) is 5.91 Å². The van der Waals surface area contributed by atoms with E-state index in [1.54, 1.807) is 18.2 Å². The average Bonchev–Trinajstić information content (AvgIpc) is 2.54. The molecule has 1 aromatic rings. The normalized spacial score (nSPS) is 15.3. The van der Waals surface area contributed by atoms with E-state index in [0.717, 1.165) is 25.7 Å². The lowest BCUT2D eigenvalue weighted by Crippen LogP contribution is -2.35. The molecule has 1 aromatic carbocycles. The van der Waals surface area contributed by atoms with E-state index in [1.807, 2.05) is 20.8 Å². The van der Waals surface area contributed by atoms with Crippen LogP contribution in [0.4, 0.5) is 5.69 Å². The molecule has 0 saturated carbocycles. The highest BCUT2D eigenvalue weighted by atomic mass is 32.2. The van der Waals surface area contributed by atoms with E-state index in [1.165, 1.54) is 0 Å². The number of nitrogens with two attached hydrogens (primary N) is 1. The molecule has 9 heteroatoms. The quantitative estimate of drug-likeness (QED) is 0.581. The van der Waals surface area contributed by atoms with Crippen LogP contribution in [-0.4, -0.2) is 33.3 Å². The molecular weight excluding hydrogens is 368 g/mol. The van der Waals surface area contributed by atoms with Crippen LogP contribution in [-0.2, 0) is 15.0 Å². The van der Waals surface area contributed by atoms with Gasteiger partial charge in [0.15, 0.2) is 5.84 Å². The van der Waals surface area contributed by atoms with Gasteiger partial charge in [0.25, 0.3) is 0 Å². The van der Waals surface area contributed by atoms with E-state index in [9.17, 15) is 13.2 Å². The van der Waals surface area contributed by atoms with Gasteiger partial charge in [0.05, 0.1) is 17.9 Å². The predicted octanol–water partition coefficient (Wildman–Crippen LogP) is 2.16. The number of anilines is 1. The maximum atomic E-state index is 11.7. The molecule has 0 saturated heterocycles. The Morgan fingerprint density at radius 3 is 2.63 bits per heavy atom. The fraction of sp³-hybridized carbons (Fsp3) is 0.556. The summed E-state index contributed by atoms with van der Waals surface area (Å²) in [7, 11) is -3.79. The van der Waals surface area contributed by atoms with Crippen molar-refractivity contribution in [3.63, 3.8) is 0 Å². The third-order valence-electron chi connectivity index (χ3n) is 4.04. The highest BCUT2D eigenvalue weighted by molar-refractivity contribution is 7.91. The van der Waals surface area contributed by atoms with Crippen LogP contribution in [0.15, 0.2) is 22.6 Å². The standard InChI is InChI=1S/C18H28N4O4S/c1-18(2,3)17(23)20-11-6-4-5-7-12-26-14-10-8-9-13-15(14)16(19)22-27(24,25)21-13/h8-10,21H,4-7,11-12H2,1-3H3,(H2,19,22)(H,20,23). The van der Waals surface area contributed by atoms with Crippen LogP contribution in [0, 0.1) is 5.41 Å². The Bertz CT molecular complexity index is 813. The molecule has 0 unspecified atom stereocenters. The number of unbranched alkanes of at least 4 members (excludes halogenated alkanes) is 3. The molecule has 27 heavy (non-hydrogen) atoms. The van der Waals surface area contributed by atoms with Crippen LogP contribution in [0.5, 0.6) is 5.75 Å². The Balaban J connectivity index is 1.73. The minimum absolute atomic E-state index is 0.0644. The summed E-state index contributed by atoms with van der Waals surface area (Å²) >= 11 is 0. The molecule has 0 aliphatic carbocycles. The molecule has 1 heterocycles. The first-order chi connectivity index (χ1) is 12.6. The Kier molecular flexibility index (Phi) is 6.69. The fourth-order valence-electron chi connectivity index (χ4n) is 2.57. The number of hydrogen-bond donors (Lipinski definition) is 3. The number of rotatable bonds is 8. The minimum atomic E-state index is -3.79. The van der Waals surface area contributed by atoms with Crippen molar-refractivity contribution >= 4 is 27.6 Å². The minimum Gasteiger partial charge on any atom is -0.493 e. The lowest BCUT2D eigenvalue weighted by molar-refractivity contribution is -0.128. The summed E-state index contributed by atoms with van der Waals surface area (Å²) in [5, 5.41) is 2.93. The van der Waals surface area contributed by atoms with Crippen LogP contribution < -0.4 is 20.5 Å². The van der Waals surface area contributed by atoms with Gasteiger partial charge in [-0.2, -0.15) is 8.42 Å². The molecule has 150 valence electrons. The van der Waals surface area contributed by atoms with Gasteiger partial charge in [-0.3, -0.25) is 9.52 Å². The van der Waals surface area contributed by atoms with E-state index in [4.69, 9.17) is 10.5 Å². The number of nitrogens with one attached hydrogen (secondary N) is 2. The van der Waals surface area contributed by atoms with Crippen molar-refractivity contribution in [1.82, 2.24) is 5.32 Å². The van der Waals surface area contributed by atoms with Gasteiger partial charge in [0.1, 0.15) is 5.75 Å². The second-order valence-electron chi connectivity index (χ2n) is 7.50. The van der Waals surface area contributed by atoms with Gasteiger partial charge in [-0.15, -0.1) is 4.40 Å². The number of amides is 1. The molecule has 0 fully saturated rings. The van der Waals surface area contributed by atoms with Gasteiger partial charge in [-0.25, -0.2) is 0 Å². The SMILES string of the molecule is CC(C)(C)C(=O)NCCCCCCOc1cccc2c1C(N)=NS(=O)(=O)N2. The van der Waals surface area contributed by atoms with Crippen molar-refractivity contribution in [3.05, 3.63) is 23.8 Å². The van der Waals surface area contributed by atoms with E-state index in [-0.39, 0.29) is 17.2 Å². The summed E-state index contributed by atoms with van der Waals surface area (Å²) < 4.78 is 34.7. The molecule has 1 amide bonds. The first-order valence-electron chi connectivity index (χ1n) is 9.03. The monoisotopic (exact) mass is 396 g/mol. The summed E-state index contributed by atoms with van der Waals surface area (Å²) in [6.07, 6.45) is 3.73. The van der Waals surface area contributed by atoms with Gasteiger partial charge in [-0.05, 0) is 25.0 Å². The molecule has 2 rings (SSSR count). The lowest BCUT2D eigenvalue weighted by atomic mass is 9.96. The number of benzene rings is 1. The molecule has 0 aromatic heterocycles. The summed E-state index contributed by atoms with van der Waals surface area (Å²) in [5.74, 6) is 0.497. The molecular formula is C18H28N4O4S. The third kappa shape index (κ3) is 6.13. The number of carbonyl (C=O) groups is 1. The second kappa shape index (κ2) is 8.60. The van der Waals surface area contributed by atoms with Crippen molar-refractivity contribution in [2.45, 2.75) is 46.5 Å². The van der Waals surface area contributed by atoms with Crippen molar-refractivity contribution in [2.24, 2.45) is 15.5 Å². The van der Waals surface area contributed by atoms with Crippen molar-refractivity contribution in [3.8, 4) is 5.75 Å². The Labute approximate surface area is 160 Å². The molecule has 0 radical (unpaired) electrons. The predicted molar refractivity (Wildman–Crippen MR) is 106 cm³/mol. The van der Waals surface area contributed by atoms with Gasteiger partial charge < -0.3 is 15.8 Å². The lowest BCUT2D eigenvalue weighted by Gasteiger charge is -2.19. The number of carbonyl (C=O) groups excluding carboxylic acids is 1. The zero-order chi connectivity index (χ0) is 20.1. The molecule has 0 spiro atoms.